The molecule has 3 aromatic carbocycles. The van der Waals surface area contributed by atoms with Crippen LogP contribution in [0.2, 0.25) is 0 Å². The summed E-state index contributed by atoms with van der Waals surface area (Å²) in [5, 5.41) is 0. The third kappa shape index (κ3) is 5.96. The van der Waals surface area contributed by atoms with E-state index in [1.807, 2.05) is 0 Å². The van der Waals surface area contributed by atoms with Gasteiger partial charge in [0, 0.05) is 0 Å². The largest absolute Gasteiger partial charge is 0.0625 e. The van der Waals surface area contributed by atoms with Crippen molar-refractivity contribution in [3.63, 3.8) is 0 Å². The molecular formula is C41H58. The molecule has 0 aliphatic heterocycles. The van der Waals surface area contributed by atoms with Crippen molar-refractivity contribution < 1.29 is 0 Å². The minimum absolute atomic E-state index is 0.920. The molecule has 0 radical (unpaired) electrons. The first-order valence-electron chi connectivity index (χ1n) is 16.5. The van der Waals surface area contributed by atoms with Gasteiger partial charge in [0.1, 0.15) is 0 Å². The molecule has 0 N–H and O–H groups in total. The third-order valence-corrected chi connectivity index (χ3v) is 11.9. The summed E-state index contributed by atoms with van der Waals surface area (Å²) < 4.78 is 0. The van der Waals surface area contributed by atoms with Crippen LogP contribution in [0.3, 0.4) is 0 Å². The fourth-order valence-corrected chi connectivity index (χ4v) is 8.17. The first-order chi connectivity index (χ1) is 19.3. The average molecular weight is 551 g/mol. The summed E-state index contributed by atoms with van der Waals surface area (Å²) in [4.78, 5) is 0. The molecule has 0 atom stereocenters. The van der Waals surface area contributed by atoms with Crippen LogP contribution in [0, 0.1) is 94.9 Å². The van der Waals surface area contributed by atoms with Crippen LogP contribution >= 0.6 is 0 Å². The lowest BCUT2D eigenvalue weighted by molar-refractivity contribution is 0.277. The molecule has 0 aromatic heterocycles. The average Bonchev–Trinajstić information content (AvgIpc) is 2.94. The zero-order valence-corrected chi connectivity index (χ0v) is 28.9. The molecule has 1 saturated carbocycles. The van der Waals surface area contributed by atoms with E-state index in [2.05, 4.69) is 96.1 Å². The lowest BCUT2D eigenvalue weighted by atomic mass is 9.77. The van der Waals surface area contributed by atoms with E-state index < -0.39 is 0 Å². The smallest absolute Gasteiger partial charge is 0.0114 e. The van der Waals surface area contributed by atoms with Gasteiger partial charge in [-0.15, -0.1) is 0 Å². The predicted molar refractivity (Wildman–Crippen MR) is 182 cm³/mol. The maximum atomic E-state index is 2.43. The SMILES string of the molecule is Cc1cc(C)c(C)c(CCc2c(C)c(C)c(-c3c(C)c(C)c(CCC4CCC(C)CC4)c(C)c3C)c(C)c2C)c1C. The van der Waals surface area contributed by atoms with Gasteiger partial charge >= 0.3 is 0 Å². The third-order valence-electron chi connectivity index (χ3n) is 11.9. The number of aryl methyl sites for hydroxylation is 2. The molecule has 1 aliphatic rings. The topological polar surface area (TPSA) is 0 Å². The highest BCUT2D eigenvalue weighted by Gasteiger charge is 2.24. The van der Waals surface area contributed by atoms with Gasteiger partial charge in [-0.3, -0.25) is 0 Å². The molecule has 0 bridgehead atoms. The van der Waals surface area contributed by atoms with E-state index in [1.165, 1.54) is 116 Å². The van der Waals surface area contributed by atoms with Crippen LogP contribution in [0.1, 0.15) is 122 Å². The molecular weight excluding hydrogens is 492 g/mol. The summed E-state index contributed by atoms with van der Waals surface area (Å²) in [6, 6.07) is 2.35. The van der Waals surface area contributed by atoms with E-state index in [0.717, 1.165) is 24.7 Å². The molecule has 0 saturated heterocycles. The van der Waals surface area contributed by atoms with Gasteiger partial charge in [-0.05, 0) is 215 Å². The van der Waals surface area contributed by atoms with Gasteiger partial charge in [0.05, 0.1) is 0 Å². The standard InChI is InChI=1S/C41H58/c1-23-14-16-36(17-15-23)18-19-38-28(6)32(10)40(33(11)29(38)7)41-34(12)30(8)39(31(9)35(41)13)21-20-37-26(4)24(2)22-25(3)27(37)5/h22-23,36H,14-21H2,1-13H3. The molecule has 1 fully saturated rings. The van der Waals surface area contributed by atoms with Crippen molar-refractivity contribution >= 4 is 0 Å². The Kier molecular flexibility index (Phi) is 9.62. The van der Waals surface area contributed by atoms with Crippen molar-refractivity contribution in [3.05, 3.63) is 89.5 Å². The van der Waals surface area contributed by atoms with E-state index >= 15 is 0 Å². The number of hydrogen-bond donors (Lipinski definition) is 0. The summed E-state index contributed by atoms with van der Waals surface area (Å²) in [6.45, 7) is 30.7. The molecule has 0 heteroatoms. The molecule has 0 spiro atoms. The number of hydrogen-bond acceptors (Lipinski definition) is 0. The molecule has 0 unspecified atom stereocenters. The summed E-state index contributed by atoms with van der Waals surface area (Å²) in [6.07, 6.45) is 10.5. The van der Waals surface area contributed by atoms with Crippen LogP contribution in [0.4, 0.5) is 0 Å². The van der Waals surface area contributed by atoms with Crippen LogP contribution in [-0.2, 0) is 19.3 Å². The summed E-state index contributed by atoms with van der Waals surface area (Å²) in [5.74, 6) is 1.85. The Hall–Kier alpha value is -2.34. The molecule has 222 valence electrons. The van der Waals surface area contributed by atoms with E-state index in [4.69, 9.17) is 0 Å². The van der Waals surface area contributed by atoms with Crippen LogP contribution in [0.25, 0.3) is 11.1 Å². The van der Waals surface area contributed by atoms with Crippen LogP contribution in [-0.4, -0.2) is 0 Å². The molecule has 0 nitrogen and oxygen atoms in total. The highest BCUT2D eigenvalue weighted by atomic mass is 14.3. The molecule has 0 amide bonds. The lowest BCUT2D eigenvalue weighted by Gasteiger charge is -2.28. The van der Waals surface area contributed by atoms with Gasteiger partial charge in [-0.1, -0.05) is 38.7 Å². The van der Waals surface area contributed by atoms with Gasteiger partial charge in [0.2, 0.25) is 0 Å². The molecule has 41 heavy (non-hydrogen) atoms. The molecule has 1 aliphatic carbocycles. The second-order valence-electron chi connectivity index (χ2n) is 14.1. The molecule has 0 heterocycles. The van der Waals surface area contributed by atoms with Gasteiger partial charge in [0.15, 0.2) is 0 Å². The fraction of sp³-hybridized carbons (Fsp3) is 0.561. The van der Waals surface area contributed by atoms with Gasteiger partial charge in [-0.25, -0.2) is 0 Å². The highest BCUT2D eigenvalue weighted by Crippen LogP contribution is 2.42. The van der Waals surface area contributed by atoms with Crippen molar-refractivity contribution in [3.8, 4) is 11.1 Å². The maximum absolute atomic E-state index is 2.43. The van der Waals surface area contributed by atoms with Crippen molar-refractivity contribution in [2.24, 2.45) is 11.8 Å². The Labute approximate surface area is 253 Å². The highest BCUT2D eigenvalue weighted by molar-refractivity contribution is 5.81. The minimum Gasteiger partial charge on any atom is -0.0625 e. The number of rotatable bonds is 7. The minimum atomic E-state index is 0.920. The number of benzene rings is 3. The van der Waals surface area contributed by atoms with Crippen molar-refractivity contribution in [1.82, 2.24) is 0 Å². The first kappa shape index (κ1) is 31.6. The van der Waals surface area contributed by atoms with Crippen molar-refractivity contribution in [2.45, 2.75) is 141 Å². The Bertz CT molecular complexity index is 1370. The van der Waals surface area contributed by atoms with Gasteiger partial charge < -0.3 is 0 Å². The summed E-state index contributed by atoms with van der Waals surface area (Å²) in [5.41, 5.74) is 25.5. The van der Waals surface area contributed by atoms with Crippen molar-refractivity contribution in [2.75, 3.05) is 0 Å². The fourth-order valence-electron chi connectivity index (χ4n) is 8.17. The summed E-state index contributed by atoms with van der Waals surface area (Å²) >= 11 is 0. The zero-order chi connectivity index (χ0) is 30.3. The van der Waals surface area contributed by atoms with Crippen LogP contribution < -0.4 is 0 Å². The second kappa shape index (κ2) is 12.5. The zero-order valence-electron chi connectivity index (χ0n) is 28.9. The normalized spacial score (nSPS) is 17.4. The maximum Gasteiger partial charge on any atom is -0.0114 e. The predicted octanol–water partition coefficient (Wildman–Crippen LogP) is 11.6. The van der Waals surface area contributed by atoms with Crippen LogP contribution in [0.15, 0.2) is 6.07 Å². The van der Waals surface area contributed by atoms with Crippen LogP contribution in [0.5, 0.6) is 0 Å². The Balaban J connectivity index is 1.70. The van der Waals surface area contributed by atoms with Gasteiger partial charge in [0.25, 0.3) is 0 Å². The Morgan fingerprint density at radius 1 is 0.439 bits per heavy atom. The molecule has 4 rings (SSSR count). The summed E-state index contributed by atoms with van der Waals surface area (Å²) in [7, 11) is 0. The Morgan fingerprint density at radius 3 is 1.17 bits per heavy atom. The monoisotopic (exact) mass is 550 g/mol. The molecule has 3 aromatic rings. The van der Waals surface area contributed by atoms with E-state index in [-0.39, 0.29) is 0 Å². The second-order valence-corrected chi connectivity index (χ2v) is 14.1. The van der Waals surface area contributed by atoms with E-state index in [0.29, 0.717) is 0 Å². The van der Waals surface area contributed by atoms with Gasteiger partial charge in [-0.2, -0.15) is 0 Å². The first-order valence-corrected chi connectivity index (χ1v) is 16.5. The lowest BCUT2D eigenvalue weighted by Crippen LogP contribution is -2.14. The van der Waals surface area contributed by atoms with Crippen molar-refractivity contribution in [1.29, 1.82) is 0 Å². The van der Waals surface area contributed by atoms with E-state index in [1.54, 1.807) is 16.7 Å². The Morgan fingerprint density at radius 2 is 0.780 bits per heavy atom. The van der Waals surface area contributed by atoms with E-state index in [9.17, 15) is 0 Å². The quantitative estimate of drug-likeness (QED) is 0.274.